The molecule has 2 atom stereocenters. The van der Waals surface area contributed by atoms with Crippen molar-refractivity contribution in [3.8, 4) is 0 Å². The molecule has 9 heteroatoms. The van der Waals surface area contributed by atoms with Crippen LogP contribution in [0.25, 0.3) is 0 Å². The summed E-state index contributed by atoms with van der Waals surface area (Å²) in [6, 6.07) is 4.85. The number of benzene rings is 1. The fourth-order valence-corrected chi connectivity index (χ4v) is 2.93. The standard InChI is InChI=1S/C12H16F3NO3S2/c1-9(20(2)17)7-8-16-10-5-3-4-6-11(10)21(18,19)12(13,14)15/h3-6,9,16H,7-8H2,1-2H3. The van der Waals surface area contributed by atoms with Gasteiger partial charge in [0.15, 0.2) is 0 Å². The van der Waals surface area contributed by atoms with Crippen LogP contribution in [0.2, 0.25) is 0 Å². The first-order valence-corrected chi connectivity index (χ1v) is 9.14. The maximum atomic E-state index is 12.6. The van der Waals surface area contributed by atoms with Crippen LogP contribution in [0.3, 0.4) is 0 Å². The Morgan fingerprint density at radius 3 is 2.38 bits per heavy atom. The minimum absolute atomic E-state index is 0.107. The average molecular weight is 343 g/mol. The molecule has 120 valence electrons. The minimum Gasteiger partial charge on any atom is -0.384 e. The van der Waals surface area contributed by atoms with Gasteiger partial charge >= 0.3 is 5.51 Å². The monoisotopic (exact) mass is 343 g/mol. The van der Waals surface area contributed by atoms with Crippen molar-refractivity contribution in [3.05, 3.63) is 24.3 Å². The summed E-state index contributed by atoms with van der Waals surface area (Å²) in [6.45, 7) is 1.97. The van der Waals surface area contributed by atoms with Crippen LogP contribution in [-0.4, -0.2) is 36.2 Å². The van der Waals surface area contributed by atoms with E-state index in [1.54, 1.807) is 6.92 Å². The predicted molar refractivity (Wildman–Crippen MR) is 76.3 cm³/mol. The van der Waals surface area contributed by atoms with Gasteiger partial charge in [0.2, 0.25) is 0 Å². The van der Waals surface area contributed by atoms with Gasteiger partial charge in [0.25, 0.3) is 9.84 Å². The molecule has 2 unspecified atom stereocenters. The fourth-order valence-electron chi connectivity index (χ4n) is 1.55. The highest BCUT2D eigenvalue weighted by Gasteiger charge is 2.47. The van der Waals surface area contributed by atoms with Gasteiger partial charge in [-0.3, -0.25) is 4.21 Å². The van der Waals surface area contributed by atoms with E-state index in [9.17, 15) is 25.8 Å². The first-order chi connectivity index (χ1) is 9.57. The van der Waals surface area contributed by atoms with Crippen molar-refractivity contribution < 1.29 is 25.8 Å². The first kappa shape index (κ1) is 18.0. The van der Waals surface area contributed by atoms with Gasteiger partial charge in [-0.15, -0.1) is 0 Å². The third-order valence-electron chi connectivity index (χ3n) is 2.91. The molecule has 0 radical (unpaired) electrons. The van der Waals surface area contributed by atoms with Gasteiger partial charge in [-0.05, 0) is 18.6 Å². The lowest BCUT2D eigenvalue weighted by Crippen LogP contribution is -2.24. The molecule has 1 aromatic rings. The van der Waals surface area contributed by atoms with Crippen LogP contribution in [0.1, 0.15) is 13.3 Å². The lowest BCUT2D eigenvalue weighted by atomic mass is 10.3. The topological polar surface area (TPSA) is 63.2 Å². The summed E-state index contributed by atoms with van der Waals surface area (Å²) in [5.41, 5.74) is -5.45. The number of para-hydroxylation sites is 1. The van der Waals surface area contributed by atoms with Crippen molar-refractivity contribution in [1.29, 1.82) is 0 Å². The molecule has 4 nitrogen and oxygen atoms in total. The number of alkyl halides is 3. The zero-order valence-corrected chi connectivity index (χ0v) is 13.1. The Morgan fingerprint density at radius 1 is 1.29 bits per heavy atom. The summed E-state index contributed by atoms with van der Waals surface area (Å²) < 4.78 is 71.9. The van der Waals surface area contributed by atoms with Crippen LogP contribution in [0, 0.1) is 0 Å². The summed E-state index contributed by atoms with van der Waals surface area (Å²) in [5, 5.41) is 2.53. The molecule has 0 bridgehead atoms. The SMILES string of the molecule is CC(CCNc1ccccc1S(=O)(=O)C(F)(F)F)S(C)=O. The van der Waals surface area contributed by atoms with Gasteiger partial charge in [-0.1, -0.05) is 19.1 Å². The third kappa shape index (κ3) is 4.44. The molecule has 1 N–H and O–H groups in total. The molecule has 0 saturated carbocycles. The lowest BCUT2D eigenvalue weighted by Gasteiger charge is -2.15. The predicted octanol–water partition coefficient (Wildman–Crippen LogP) is 2.55. The Morgan fingerprint density at radius 2 is 1.86 bits per heavy atom. The number of hydrogen-bond donors (Lipinski definition) is 1. The quantitative estimate of drug-likeness (QED) is 0.862. The summed E-state index contributed by atoms with van der Waals surface area (Å²) in [5.74, 6) is 0. The van der Waals surface area contributed by atoms with E-state index in [-0.39, 0.29) is 17.5 Å². The average Bonchev–Trinajstić information content (AvgIpc) is 2.37. The maximum absolute atomic E-state index is 12.6. The van der Waals surface area contributed by atoms with Crippen molar-refractivity contribution in [3.63, 3.8) is 0 Å². The molecule has 0 aliphatic heterocycles. The van der Waals surface area contributed by atoms with E-state index in [2.05, 4.69) is 5.32 Å². The van der Waals surface area contributed by atoms with Crippen LogP contribution >= 0.6 is 0 Å². The first-order valence-electron chi connectivity index (χ1n) is 6.04. The molecule has 0 amide bonds. The smallest absolute Gasteiger partial charge is 0.384 e. The van der Waals surface area contributed by atoms with Gasteiger partial charge < -0.3 is 5.32 Å². The van der Waals surface area contributed by atoms with Crippen molar-refractivity contribution in [2.45, 2.75) is 29.0 Å². The number of sulfone groups is 1. The fraction of sp³-hybridized carbons (Fsp3) is 0.500. The number of hydrogen-bond acceptors (Lipinski definition) is 4. The van der Waals surface area contributed by atoms with E-state index in [0.29, 0.717) is 6.42 Å². The molecule has 0 spiro atoms. The Kier molecular flexibility index (Phi) is 5.80. The second-order valence-electron chi connectivity index (χ2n) is 4.47. The van der Waals surface area contributed by atoms with E-state index in [1.165, 1.54) is 24.5 Å². The largest absolute Gasteiger partial charge is 0.501 e. The van der Waals surface area contributed by atoms with Gasteiger partial charge in [0, 0.05) is 28.9 Å². The summed E-state index contributed by atoms with van der Waals surface area (Å²) >= 11 is 0. The molecule has 1 aromatic carbocycles. The van der Waals surface area contributed by atoms with Gasteiger partial charge in [-0.25, -0.2) is 8.42 Å². The molecule has 1 rings (SSSR count). The second kappa shape index (κ2) is 6.78. The van der Waals surface area contributed by atoms with E-state index < -0.39 is 31.0 Å². The number of rotatable bonds is 6. The second-order valence-corrected chi connectivity index (χ2v) is 8.18. The van der Waals surface area contributed by atoms with Crippen LogP contribution in [0.5, 0.6) is 0 Å². The third-order valence-corrected chi connectivity index (χ3v) is 5.83. The highest BCUT2D eigenvalue weighted by atomic mass is 32.2. The lowest BCUT2D eigenvalue weighted by molar-refractivity contribution is -0.0435. The normalized spacial score (nSPS) is 15.5. The molecular weight excluding hydrogens is 327 g/mol. The zero-order valence-electron chi connectivity index (χ0n) is 11.5. The summed E-state index contributed by atoms with van der Waals surface area (Å²) in [7, 11) is -6.44. The molecule has 21 heavy (non-hydrogen) atoms. The Balaban J connectivity index is 2.94. The summed E-state index contributed by atoms with van der Waals surface area (Å²) in [4.78, 5) is -0.803. The Hall–Kier alpha value is -1.09. The van der Waals surface area contributed by atoms with Crippen molar-refractivity contribution in [1.82, 2.24) is 0 Å². The van der Waals surface area contributed by atoms with Crippen LogP contribution in [-0.2, 0) is 20.6 Å². The highest BCUT2D eigenvalue weighted by Crippen LogP contribution is 2.34. The van der Waals surface area contributed by atoms with E-state index in [4.69, 9.17) is 0 Å². The van der Waals surface area contributed by atoms with E-state index in [1.807, 2.05) is 0 Å². The Bertz CT molecular complexity index is 614. The summed E-state index contributed by atoms with van der Waals surface area (Å²) in [6.07, 6.45) is 1.98. The molecule has 0 heterocycles. The van der Waals surface area contributed by atoms with Crippen LogP contribution < -0.4 is 5.32 Å². The minimum atomic E-state index is -5.40. The van der Waals surface area contributed by atoms with Gasteiger partial charge in [-0.2, -0.15) is 13.2 Å². The molecule has 0 aliphatic rings. The molecule has 0 aromatic heterocycles. The molecule has 0 saturated heterocycles. The van der Waals surface area contributed by atoms with Gasteiger partial charge in [0.1, 0.15) is 0 Å². The van der Waals surface area contributed by atoms with Crippen molar-refractivity contribution in [2.24, 2.45) is 0 Å². The highest BCUT2D eigenvalue weighted by molar-refractivity contribution is 7.92. The number of nitrogens with one attached hydrogen (secondary N) is 1. The van der Waals surface area contributed by atoms with Crippen molar-refractivity contribution >= 4 is 26.3 Å². The Labute approximate surface area is 124 Å². The molecule has 0 fully saturated rings. The van der Waals surface area contributed by atoms with Gasteiger partial charge in [0.05, 0.1) is 10.6 Å². The van der Waals surface area contributed by atoms with Crippen molar-refractivity contribution in [2.75, 3.05) is 18.1 Å². The van der Waals surface area contributed by atoms with E-state index in [0.717, 1.165) is 6.07 Å². The van der Waals surface area contributed by atoms with E-state index >= 15 is 0 Å². The maximum Gasteiger partial charge on any atom is 0.501 e. The molecule has 0 aliphatic carbocycles. The number of halogens is 3. The zero-order chi connectivity index (χ0) is 16.3. The van der Waals surface area contributed by atoms with Crippen LogP contribution in [0.15, 0.2) is 29.2 Å². The molecular formula is C12H16F3NO3S2. The van der Waals surface area contributed by atoms with Crippen LogP contribution in [0.4, 0.5) is 18.9 Å². The number of anilines is 1.